The summed E-state index contributed by atoms with van der Waals surface area (Å²) in [7, 11) is -2.42. The maximum atomic E-state index is 12.5. The number of methoxy groups -OCH3 is 1. The van der Waals surface area contributed by atoms with Gasteiger partial charge in [0.1, 0.15) is 16.4 Å². The molecule has 0 aliphatic rings. The summed E-state index contributed by atoms with van der Waals surface area (Å²) in [6, 6.07) is 10.3. The molecule has 0 aromatic heterocycles. The first kappa shape index (κ1) is 20.3. The molecular weight excluding hydrogens is 420 g/mol. The Morgan fingerprint density at radius 1 is 1.15 bits per heavy atom. The number of ether oxygens (including phenoxy) is 2. The average molecular weight is 441 g/mol. The third-order valence-corrected chi connectivity index (χ3v) is 5.18. The van der Waals surface area contributed by atoms with Crippen molar-refractivity contribution in [1.29, 1.82) is 0 Å². The molecule has 0 amide bonds. The fourth-order valence-corrected chi connectivity index (χ4v) is 3.70. The van der Waals surface area contributed by atoms with Crippen LogP contribution in [0.2, 0.25) is 0 Å². The van der Waals surface area contributed by atoms with Crippen LogP contribution in [0, 0.1) is 6.92 Å². The maximum absolute atomic E-state index is 12.5. The molecule has 0 saturated carbocycles. The first-order chi connectivity index (χ1) is 12.2. The smallest absolute Gasteiger partial charge is 0.280 e. The molecule has 6 nitrogen and oxygen atoms in total. The Morgan fingerprint density at radius 3 is 2.46 bits per heavy atom. The summed E-state index contributed by atoms with van der Waals surface area (Å²) in [6.07, 6.45) is 1.48. The summed E-state index contributed by atoms with van der Waals surface area (Å²) in [5.74, 6) is 0.971. The van der Waals surface area contributed by atoms with Gasteiger partial charge in [-0.15, -0.1) is 0 Å². The van der Waals surface area contributed by atoms with E-state index in [1.165, 1.54) is 19.4 Å². The van der Waals surface area contributed by atoms with Crippen LogP contribution in [-0.4, -0.2) is 27.8 Å². The number of hydrazone groups is 1. The summed E-state index contributed by atoms with van der Waals surface area (Å²) in [4.78, 5) is 2.25. The lowest BCUT2D eigenvalue weighted by Gasteiger charge is -2.11. The number of rotatable bonds is 7. The molecule has 2 aromatic carbocycles. The van der Waals surface area contributed by atoms with Crippen LogP contribution in [0.4, 0.5) is 0 Å². The zero-order valence-corrected chi connectivity index (χ0v) is 17.4. The van der Waals surface area contributed by atoms with Gasteiger partial charge in [0.2, 0.25) is 0 Å². The van der Waals surface area contributed by atoms with E-state index in [0.717, 1.165) is 10.0 Å². The van der Waals surface area contributed by atoms with Crippen LogP contribution >= 0.6 is 15.9 Å². The van der Waals surface area contributed by atoms with Crippen molar-refractivity contribution in [1.82, 2.24) is 4.83 Å². The molecule has 2 rings (SSSR count). The molecule has 0 aliphatic heterocycles. The number of nitrogens with zero attached hydrogens (tertiary/aromatic N) is 1. The number of hydrogen-bond donors (Lipinski definition) is 1. The predicted octanol–water partition coefficient (Wildman–Crippen LogP) is 3.87. The minimum absolute atomic E-state index is 0.0408. The molecular formula is C18H21BrN2O4S. The number of aryl methyl sites for hydroxylation is 1. The van der Waals surface area contributed by atoms with E-state index in [1.54, 1.807) is 37.3 Å². The molecule has 140 valence electrons. The van der Waals surface area contributed by atoms with Crippen molar-refractivity contribution in [3.63, 3.8) is 0 Å². The Labute approximate surface area is 162 Å². The number of sulfonamides is 1. The van der Waals surface area contributed by atoms with Crippen LogP contribution in [0.15, 0.2) is 50.9 Å². The number of nitrogens with one attached hydrogen (secondary N) is 1. The lowest BCUT2D eigenvalue weighted by atomic mass is 10.2. The van der Waals surface area contributed by atoms with E-state index in [-0.39, 0.29) is 16.7 Å². The highest BCUT2D eigenvalue weighted by Gasteiger charge is 2.18. The molecule has 26 heavy (non-hydrogen) atoms. The second kappa shape index (κ2) is 8.55. The van der Waals surface area contributed by atoms with Gasteiger partial charge in [-0.2, -0.15) is 18.4 Å². The lowest BCUT2D eigenvalue weighted by Crippen LogP contribution is -2.19. The van der Waals surface area contributed by atoms with Crippen molar-refractivity contribution in [3.05, 3.63) is 52.0 Å². The van der Waals surface area contributed by atoms with Crippen molar-refractivity contribution in [2.24, 2.45) is 5.10 Å². The minimum atomic E-state index is -3.84. The molecule has 0 spiro atoms. The normalized spacial score (nSPS) is 11.8. The van der Waals surface area contributed by atoms with Gasteiger partial charge >= 0.3 is 0 Å². The average Bonchev–Trinajstić information content (AvgIpc) is 2.57. The van der Waals surface area contributed by atoms with Gasteiger partial charge in [0.05, 0.1) is 23.9 Å². The maximum Gasteiger partial charge on any atom is 0.280 e. The van der Waals surface area contributed by atoms with E-state index < -0.39 is 10.0 Å². The van der Waals surface area contributed by atoms with Gasteiger partial charge in [-0.25, -0.2) is 0 Å². The zero-order chi connectivity index (χ0) is 19.3. The van der Waals surface area contributed by atoms with Gasteiger partial charge in [-0.05, 0) is 78.2 Å². The fourth-order valence-electron chi connectivity index (χ4n) is 2.16. The van der Waals surface area contributed by atoms with Crippen molar-refractivity contribution in [2.75, 3.05) is 7.11 Å². The Morgan fingerprint density at radius 2 is 1.85 bits per heavy atom. The van der Waals surface area contributed by atoms with Gasteiger partial charge in [0.25, 0.3) is 10.0 Å². The van der Waals surface area contributed by atoms with E-state index in [0.29, 0.717) is 11.3 Å². The van der Waals surface area contributed by atoms with Crippen molar-refractivity contribution < 1.29 is 17.9 Å². The third-order valence-electron chi connectivity index (χ3n) is 3.31. The summed E-state index contributed by atoms with van der Waals surface area (Å²) >= 11 is 3.43. The fraction of sp³-hybridized carbons (Fsp3) is 0.278. The molecule has 2 aromatic rings. The standard InChI is InChI=1S/C18H21BrN2O4S/c1-12(2)25-16-8-6-14(10-15(16)19)11-20-21-26(22,23)18-9-13(3)5-7-17(18)24-4/h5-12,21H,1-4H3/b20-11+. The number of halogens is 1. The molecule has 0 heterocycles. The van der Waals surface area contributed by atoms with Crippen LogP contribution in [0.1, 0.15) is 25.0 Å². The Kier molecular flexibility index (Phi) is 6.66. The predicted molar refractivity (Wildman–Crippen MR) is 106 cm³/mol. The second-order valence-electron chi connectivity index (χ2n) is 5.86. The molecule has 0 fully saturated rings. The minimum Gasteiger partial charge on any atom is -0.495 e. The first-order valence-corrected chi connectivity index (χ1v) is 10.2. The van der Waals surface area contributed by atoms with E-state index in [4.69, 9.17) is 9.47 Å². The van der Waals surface area contributed by atoms with Crippen LogP contribution in [0.5, 0.6) is 11.5 Å². The number of benzene rings is 2. The van der Waals surface area contributed by atoms with E-state index in [1.807, 2.05) is 13.8 Å². The Bertz CT molecular complexity index is 911. The molecule has 8 heteroatoms. The molecule has 0 unspecified atom stereocenters. The van der Waals surface area contributed by atoms with Crippen LogP contribution in [0.25, 0.3) is 0 Å². The molecule has 0 bridgehead atoms. The van der Waals surface area contributed by atoms with E-state index >= 15 is 0 Å². The highest BCUT2D eigenvalue weighted by molar-refractivity contribution is 9.10. The van der Waals surface area contributed by atoms with Crippen LogP contribution in [-0.2, 0) is 10.0 Å². The van der Waals surface area contributed by atoms with Gasteiger partial charge in [0.15, 0.2) is 0 Å². The van der Waals surface area contributed by atoms with E-state index in [9.17, 15) is 8.42 Å². The van der Waals surface area contributed by atoms with Gasteiger partial charge in [-0.3, -0.25) is 0 Å². The van der Waals surface area contributed by atoms with Crippen molar-refractivity contribution in [2.45, 2.75) is 31.8 Å². The lowest BCUT2D eigenvalue weighted by molar-refractivity contribution is 0.241. The summed E-state index contributed by atoms with van der Waals surface area (Å²) in [5, 5.41) is 3.85. The first-order valence-electron chi connectivity index (χ1n) is 7.88. The summed E-state index contributed by atoms with van der Waals surface area (Å²) < 4.78 is 36.4. The molecule has 0 radical (unpaired) electrons. The van der Waals surface area contributed by atoms with Crippen LogP contribution in [0.3, 0.4) is 0 Å². The van der Waals surface area contributed by atoms with Crippen LogP contribution < -0.4 is 14.3 Å². The molecule has 1 N–H and O–H groups in total. The molecule has 0 aliphatic carbocycles. The summed E-state index contributed by atoms with van der Waals surface area (Å²) in [5.41, 5.74) is 1.52. The van der Waals surface area contributed by atoms with Crippen molar-refractivity contribution >= 4 is 32.2 Å². The highest BCUT2D eigenvalue weighted by atomic mass is 79.9. The zero-order valence-electron chi connectivity index (χ0n) is 15.0. The Balaban J connectivity index is 2.17. The highest BCUT2D eigenvalue weighted by Crippen LogP contribution is 2.27. The Hall–Kier alpha value is -2.06. The quantitative estimate of drug-likeness (QED) is 0.523. The van der Waals surface area contributed by atoms with Gasteiger partial charge in [0, 0.05) is 0 Å². The molecule has 0 atom stereocenters. The molecule has 0 saturated heterocycles. The topological polar surface area (TPSA) is 77.0 Å². The van der Waals surface area contributed by atoms with E-state index in [2.05, 4.69) is 25.9 Å². The number of hydrogen-bond acceptors (Lipinski definition) is 5. The SMILES string of the molecule is COc1ccc(C)cc1S(=O)(=O)N/N=C/c1ccc(OC(C)C)c(Br)c1. The second-order valence-corrected chi connectivity index (χ2v) is 8.35. The monoisotopic (exact) mass is 440 g/mol. The summed E-state index contributed by atoms with van der Waals surface area (Å²) in [6.45, 7) is 5.69. The third kappa shape index (κ3) is 5.22. The van der Waals surface area contributed by atoms with Gasteiger partial charge in [-0.1, -0.05) is 6.07 Å². The van der Waals surface area contributed by atoms with Gasteiger partial charge < -0.3 is 9.47 Å². The van der Waals surface area contributed by atoms with Crippen molar-refractivity contribution in [3.8, 4) is 11.5 Å². The largest absolute Gasteiger partial charge is 0.495 e.